The SMILES string of the molecule is CC1(C)CN(CCO)C(=O)C2(CCCCC2)N1. The molecule has 2 rings (SSSR count). The van der Waals surface area contributed by atoms with E-state index in [-0.39, 0.29) is 23.6 Å². The summed E-state index contributed by atoms with van der Waals surface area (Å²) in [5.74, 6) is 0.200. The van der Waals surface area contributed by atoms with E-state index in [2.05, 4.69) is 19.2 Å². The second-order valence-electron chi connectivity index (χ2n) is 6.10. The zero-order valence-corrected chi connectivity index (χ0v) is 11.0. The van der Waals surface area contributed by atoms with Gasteiger partial charge in [0.05, 0.1) is 12.1 Å². The highest BCUT2D eigenvalue weighted by Gasteiger charge is 2.49. The highest BCUT2D eigenvalue weighted by atomic mass is 16.3. The average Bonchev–Trinajstić information content (AvgIpc) is 2.26. The molecule has 0 bridgehead atoms. The van der Waals surface area contributed by atoms with Gasteiger partial charge in [0.15, 0.2) is 0 Å². The van der Waals surface area contributed by atoms with E-state index in [0.717, 1.165) is 25.7 Å². The monoisotopic (exact) mass is 240 g/mol. The molecule has 1 saturated carbocycles. The minimum absolute atomic E-state index is 0.0535. The van der Waals surface area contributed by atoms with Crippen molar-refractivity contribution in [3.8, 4) is 0 Å². The zero-order chi connectivity index (χ0) is 12.5. The fraction of sp³-hybridized carbons (Fsp3) is 0.923. The Morgan fingerprint density at radius 2 is 1.94 bits per heavy atom. The van der Waals surface area contributed by atoms with Gasteiger partial charge in [-0.05, 0) is 26.7 Å². The number of carbonyl (C=O) groups excluding carboxylic acids is 1. The van der Waals surface area contributed by atoms with Gasteiger partial charge in [0.2, 0.25) is 5.91 Å². The number of hydrogen-bond acceptors (Lipinski definition) is 3. The molecule has 17 heavy (non-hydrogen) atoms. The minimum Gasteiger partial charge on any atom is -0.395 e. The molecule has 0 aromatic carbocycles. The van der Waals surface area contributed by atoms with E-state index in [1.54, 1.807) is 0 Å². The van der Waals surface area contributed by atoms with Gasteiger partial charge in [0.1, 0.15) is 0 Å². The zero-order valence-electron chi connectivity index (χ0n) is 11.0. The Morgan fingerprint density at radius 1 is 1.29 bits per heavy atom. The van der Waals surface area contributed by atoms with E-state index < -0.39 is 0 Å². The first-order valence-electron chi connectivity index (χ1n) is 6.69. The molecular formula is C13H24N2O2. The lowest BCUT2D eigenvalue weighted by atomic mass is 9.76. The summed E-state index contributed by atoms with van der Waals surface area (Å²) in [5.41, 5.74) is -0.407. The van der Waals surface area contributed by atoms with Crippen molar-refractivity contribution in [2.75, 3.05) is 19.7 Å². The molecule has 1 aliphatic heterocycles. The Balaban J connectivity index is 2.21. The minimum atomic E-state index is -0.352. The molecule has 98 valence electrons. The summed E-state index contributed by atoms with van der Waals surface area (Å²) in [6.07, 6.45) is 5.37. The van der Waals surface area contributed by atoms with Crippen LogP contribution in [0.4, 0.5) is 0 Å². The number of aliphatic hydroxyl groups is 1. The number of carbonyl (C=O) groups is 1. The van der Waals surface area contributed by atoms with Crippen molar-refractivity contribution in [1.82, 2.24) is 10.2 Å². The van der Waals surface area contributed by atoms with Crippen molar-refractivity contribution in [3.05, 3.63) is 0 Å². The van der Waals surface area contributed by atoms with Crippen LogP contribution in [0.15, 0.2) is 0 Å². The fourth-order valence-electron chi connectivity index (χ4n) is 3.39. The maximum absolute atomic E-state index is 12.5. The van der Waals surface area contributed by atoms with Crippen molar-refractivity contribution >= 4 is 5.91 Å². The average molecular weight is 240 g/mol. The molecule has 1 aliphatic carbocycles. The standard InChI is InChI=1S/C13H24N2O2/c1-12(2)10-15(8-9-16)11(17)13(14-12)6-4-3-5-7-13/h14,16H,3-10H2,1-2H3. The lowest BCUT2D eigenvalue weighted by Gasteiger charge is -2.51. The van der Waals surface area contributed by atoms with Crippen LogP contribution in [0, 0.1) is 0 Å². The second-order valence-corrected chi connectivity index (χ2v) is 6.10. The Morgan fingerprint density at radius 3 is 2.53 bits per heavy atom. The summed E-state index contributed by atoms with van der Waals surface area (Å²) in [4.78, 5) is 14.4. The molecule has 1 saturated heterocycles. The van der Waals surface area contributed by atoms with Crippen LogP contribution in [0.2, 0.25) is 0 Å². The van der Waals surface area contributed by atoms with Gasteiger partial charge in [-0.3, -0.25) is 10.1 Å². The van der Waals surface area contributed by atoms with Gasteiger partial charge in [0.25, 0.3) is 0 Å². The van der Waals surface area contributed by atoms with Crippen molar-refractivity contribution in [3.63, 3.8) is 0 Å². The molecule has 2 N–H and O–H groups in total. The molecule has 0 atom stereocenters. The maximum Gasteiger partial charge on any atom is 0.243 e. The Hall–Kier alpha value is -0.610. The lowest BCUT2D eigenvalue weighted by molar-refractivity contribution is -0.148. The molecule has 1 heterocycles. The summed E-state index contributed by atoms with van der Waals surface area (Å²) < 4.78 is 0. The van der Waals surface area contributed by atoms with Gasteiger partial charge in [-0.1, -0.05) is 19.3 Å². The van der Waals surface area contributed by atoms with Gasteiger partial charge in [-0.2, -0.15) is 0 Å². The summed E-state index contributed by atoms with van der Waals surface area (Å²) >= 11 is 0. The third kappa shape index (κ3) is 2.47. The Kier molecular flexibility index (Phi) is 3.46. The number of nitrogens with one attached hydrogen (secondary N) is 1. The van der Waals surface area contributed by atoms with E-state index in [0.29, 0.717) is 13.1 Å². The smallest absolute Gasteiger partial charge is 0.243 e. The van der Waals surface area contributed by atoms with Gasteiger partial charge < -0.3 is 10.0 Å². The molecule has 0 radical (unpaired) electrons. The number of piperazine rings is 1. The van der Waals surface area contributed by atoms with E-state index in [1.165, 1.54) is 6.42 Å². The quantitative estimate of drug-likeness (QED) is 0.754. The topological polar surface area (TPSA) is 52.6 Å². The van der Waals surface area contributed by atoms with E-state index in [9.17, 15) is 4.79 Å². The summed E-state index contributed by atoms with van der Waals surface area (Å²) in [6, 6.07) is 0. The van der Waals surface area contributed by atoms with Crippen LogP contribution in [-0.2, 0) is 4.79 Å². The number of β-amino-alcohol motifs (C(OH)–C–C–N with tert-alkyl or cyclic N) is 1. The predicted molar refractivity (Wildman–Crippen MR) is 66.7 cm³/mol. The van der Waals surface area contributed by atoms with Crippen LogP contribution in [0.1, 0.15) is 46.0 Å². The molecule has 1 amide bonds. The van der Waals surface area contributed by atoms with Crippen LogP contribution in [0.5, 0.6) is 0 Å². The summed E-state index contributed by atoms with van der Waals surface area (Å²) in [5, 5.41) is 12.7. The normalized spacial score (nSPS) is 27.5. The van der Waals surface area contributed by atoms with Crippen molar-refractivity contribution in [2.45, 2.75) is 57.0 Å². The lowest BCUT2D eigenvalue weighted by Crippen LogP contribution is -2.72. The number of hydrogen-bond donors (Lipinski definition) is 2. The van der Waals surface area contributed by atoms with Crippen molar-refractivity contribution < 1.29 is 9.90 Å². The number of nitrogens with zero attached hydrogens (tertiary/aromatic N) is 1. The van der Waals surface area contributed by atoms with Gasteiger partial charge in [-0.25, -0.2) is 0 Å². The Labute approximate surface area is 103 Å². The van der Waals surface area contributed by atoms with Crippen LogP contribution in [0.25, 0.3) is 0 Å². The van der Waals surface area contributed by atoms with Crippen LogP contribution in [0.3, 0.4) is 0 Å². The maximum atomic E-state index is 12.5. The molecule has 0 aromatic heterocycles. The van der Waals surface area contributed by atoms with Gasteiger partial charge in [0, 0.05) is 18.6 Å². The third-order valence-electron chi connectivity index (χ3n) is 3.94. The highest BCUT2D eigenvalue weighted by Crippen LogP contribution is 2.35. The molecule has 2 aliphatic rings. The van der Waals surface area contributed by atoms with Crippen LogP contribution < -0.4 is 5.32 Å². The van der Waals surface area contributed by atoms with Gasteiger partial charge in [-0.15, -0.1) is 0 Å². The molecule has 4 nitrogen and oxygen atoms in total. The van der Waals surface area contributed by atoms with Crippen LogP contribution >= 0.6 is 0 Å². The fourth-order valence-corrected chi connectivity index (χ4v) is 3.39. The Bertz CT molecular complexity index is 296. The third-order valence-corrected chi connectivity index (χ3v) is 3.94. The molecule has 0 aromatic rings. The molecule has 0 unspecified atom stereocenters. The highest BCUT2D eigenvalue weighted by molar-refractivity contribution is 5.87. The van der Waals surface area contributed by atoms with E-state index >= 15 is 0 Å². The number of rotatable bonds is 2. The molecule has 1 spiro atoms. The first-order chi connectivity index (χ1) is 7.99. The van der Waals surface area contributed by atoms with Crippen molar-refractivity contribution in [1.29, 1.82) is 0 Å². The summed E-state index contributed by atoms with van der Waals surface area (Å²) in [7, 11) is 0. The first-order valence-corrected chi connectivity index (χ1v) is 6.69. The molecule has 2 fully saturated rings. The van der Waals surface area contributed by atoms with Gasteiger partial charge >= 0.3 is 0 Å². The van der Waals surface area contributed by atoms with Crippen molar-refractivity contribution in [2.24, 2.45) is 0 Å². The second kappa shape index (κ2) is 4.58. The first kappa shape index (κ1) is 12.8. The number of amides is 1. The summed E-state index contributed by atoms with van der Waals surface area (Å²) in [6.45, 7) is 5.48. The van der Waals surface area contributed by atoms with Crippen LogP contribution in [-0.4, -0.2) is 46.7 Å². The molecule has 4 heteroatoms. The van der Waals surface area contributed by atoms with E-state index in [1.807, 2.05) is 4.90 Å². The largest absolute Gasteiger partial charge is 0.395 e. The molecular weight excluding hydrogens is 216 g/mol. The predicted octanol–water partition coefficient (Wildman–Crippen LogP) is 0.892. The van der Waals surface area contributed by atoms with E-state index in [4.69, 9.17) is 5.11 Å². The number of aliphatic hydroxyl groups excluding tert-OH is 1.